The highest BCUT2D eigenvalue weighted by Crippen LogP contribution is 2.26. The zero-order chi connectivity index (χ0) is 14.0. The SMILES string of the molecule is OC(Cc1cc(F)ccc1F)c1ncc(Cl)cc1Cl. The maximum Gasteiger partial charge on any atom is 0.126 e. The number of aliphatic hydroxyl groups excluding tert-OH is 1. The highest BCUT2D eigenvalue weighted by atomic mass is 35.5. The molecule has 1 heterocycles. The molecule has 100 valence electrons. The first kappa shape index (κ1) is 14.2. The van der Waals surface area contributed by atoms with Crippen LogP contribution in [0.15, 0.2) is 30.5 Å². The minimum atomic E-state index is -1.14. The minimum absolute atomic E-state index is 0.0558. The molecular formula is C13H9Cl2F2NO. The van der Waals surface area contributed by atoms with Gasteiger partial charge >= 0.3 is 0 Å². The van der Waals surface area contributed by atoms with Gasteiger partial charge in [0.25, 0.3) is 0 Å². The molecule has 0 bridgehead atoms. The molecule has 0 radical (unpaired) electrons. The summed E-state index contributed by atoms with van der Waals surface area (Å²) >= 11 is 11.6. The van der Waals surface area contributed by atoms with Gasteiger partial charge in [-0.1, -0.05) is 23.2 Å². The van der Waals surface area contributed by atoms with Crippen molar-refractivity contribution in [3.05, 3.63) is 63.4 Å². The molecule has 0 saturated heterocycles. The van der Waals surface area contributed by atoms with Crippen LogP contribution in [0, 0.1) is 11.6 Å². The van der Waals surface area contributed by atoms with Crippen LogP contribution in [-0.2, 0) is 6.42 Å². The molecule has 1 N–H and O–H groups in total. The lowest BCUT2D eigenvalue weighted by Gasteiger charge is -2.12. The number of rotatable bonds is 3. The second kappa shape index (κ2) is 5.82. The van der Waals surface area contributed by atoms with Gasteiger partial charge in [-0.3, -0.25) is 4.98 Å². The van der Waals surface area contributed by atoms with E-state index in [-0.39, 0.29) is 22.7 Å². The smallest absolute Gasteiger partial charge is 0.126 e. The Bertz CT molecular complexity index is 607. The van der Waals surface area contributed by atoms with E-state index < -0.39 is 17.7 Å². The monoisotopic (exact) mass is 303 g/mol. The summed E-state index contributed by atoms with van der Waals surface area (Å²) in [6, 6.07) is 4.48. The van der Waals surface area contributed by atoms with Gasteiger partial charge in [-0.2, -0.15) is 0 Å². The molecule has 2 rings (SSSR count). The van der Waals surface area contributed by atoms with Crippen LogP contribution in [0.4, 0.5) is 8.78 Å². The van der Waals surface area contributed by atoms with Crippen molar-refractivity contribution in [2.45, 2.75) is 12.5 Å². The fourth-order valence-corrected chi connectivity index (χ4v) is 2.18. The van der Waals surface area contributed by atoms with E-state index in [2.05, 4.69) is 4.98 Å². The van der Waals surface area contributed by atoms with Crippen LogP contribution in [0.25, 0.3) is 0 Å². The second-order valence-corrected chi connectivity index (χ2v) is 4.82. The van der Waals surface area contributed by atoms with Crippen molar-refractivity contribution in [1.29, 1.82) is 0 Å². The van der Waals surface area contributed by atoms with Crippen molar-refractivity contribution in [1.82, 2.24) is 4.98 Å². The topological polar surface area (TPSA) is 33.1 Å². The first-order valence-electron chi connectivity index (χ1n) is 5.40. The van der Waals surface area contributed by atoms with Crippen molar-refractivity contribution in [2.24, 2.45) is 0 Å². The number of hydrogen-bond acceptors (Lipinski definition) is 2. The second-order valence-electron chi connectivity index (χ2n) is 3.98. The molecule has 2 nitrogen and oxygen atoms in total. The van der Waals surface area contributed by atoms with Crippen molar-refractivity contribution < 1.29 is 13.9 Å². The molecule has 1 aromatic carbocycles. The lowest BCUT2D eigenvalue weighted by atomic mass is 10.0. The molecule has 1 atom stereocenters. The molecule has 0 aliphatic rings. The lowest BCUT2D eigenvalue weighted by molar-refractivity contribution is 0.172. The van der Waals surface area contributed by atoms with E-state index in [4.69, 9.17) is 23.2 Å². The maximum absolute atomic E-state index is 13.5. The highest BCUT2D eigenvalue weighted by molar-refractivity contribution is 6.34. The fraction of sp³-hybridized carbons (Fsp3) is 0.154. The molecule has 19 heavy (non-hydrogen) atoms. The first-order chi connectivity index (χ1) is 8.97. The standard InChI is InChI=1S/C13H9Cl2F2NO/c14-8-5-10(15)13(18-6-8)12(19)4-7-3-9(16)1-2-11(7)17/h1-3,5-6,12,19H,4H2. The third-order valence-electron chi connectivity index (χ3n) is 2.57. The zero-order valence-corrected chi connectivity index (χ0v) is 11.1. The van der Waals surface area contributed by atoms with Crippen LogP contribution in [-0.4, -0.2) is 10.1 Å². The summed E-state index contributed by atoms with van der Waals surface area (Å²) in [7, 11) is 0. The molecule has 2 aromatic rings. The Morgan fingerprint density at radius 3 is 2.63 bits per heavy atom. The van der Waals surface area contributed by atoms with E-state index in [1.807, 2.05) is 0 Å². The van der Waals surface area contributed by atoms with Crippen LogP contribution in [0.5, 0.6) is 0 Å². The Hall–Kier alpha value is -1.23. The molecule has 0 saturated carbocycles. The van der Waals surface area contributed by atoms with E-state index in [1.165, 1.54) is 12.3 Å². The predicted molar refractivity (Wildman–Crippen MR) is 69.3 cm³/mol. The quantitative estimate of drug-likeness (QED) is 0.931. The number of pyridine rings is 1. The van der Waals surface area contributed by atoms with E-state index in [0.29, 0.717) is 5.02 Å². The normalized spacial score (nSPS) is 12.5. The first-order valence-corrected chi connectivity index (χ1v) is 6.16. The molecular weight excluding hydrogens is 295 g/mol. The number of benzene rings is 1. The largest absolute Gasteiger partial charge is 0.386 e. The molecule has 0 fully saturated rings. The summed E-state index contributed by atoms with van der Waals surface area (Å²) < 4.78 is 26.5. The van der Waals surface area contributed by atoms with Gasteiger partial charge < -0.3 is 5.11 Å². The molecule has 0 amide bonds. The maximum atomic E-state index is 13.5. The molecule has 0 spiro atoms. The average molecular weight is 304 g/mol. The van der Waals surface area contributed by atoms with Gasteiger partial charge in [0.05, 0.1) is 15.7 Å². The van der Waals surface area contributed by atoms with E-state index in [0.717, 1.165) is 18.2 Å². The van der Waals surface area contributed by atoms with Crippen LogP contribution >= 0.6 is 23.2 Å². The van der Waals surface area contributed by atoms with Crippen LogP contribution in [0.2, 0.25) is 10.0 Å². The third kappa shape index (κ3) is 3.41. The highest BCUT2D eigenvalue weighted by Gasteiger charge is 2.16. The Labute approximate surface area is 118 Å². The Balaban J connectivity index is 2.25. The van der Waals surface area contributed by atoms with E-state index in [9.17, 15) is 13.9 Å². The van der Waals surface area contributed by atoms with E-state index in [1.54, 1.807) is 0 Å². The van der Waals surface area contributed by atoms with Gasteiger partial charge in [0.1, 0.15) is 17.7 Å². The van der Waals surface area contributed by atoms with Crippen LogP contribution < -0.4 is 0 Å². The Morgan fingerprint density at radius 2 is 1.95 bits per heavy atom. The van der Waals surface area contributed by atoms with Crippen molar-refractivity contribution in [3.63, 3.8) is 0 Å². The molecule has 0 aliphatic heterocycles. The predicted octanol–water partition coefficient (Wildman–Crippen LogP) is 3.94. The van der Waals surface area contributed by atoms with Crippen molar-refractivity contribution in [3.8, 4) is 0 Å². The van der Waals surface area contributed by atoms with Gasteiger partial charge in [0.2, 0.25) is 0 Å². The van der Waals surface area contributed by atoms with Crippen molar-refractivity contribution >= 4 is 23.2 Å². The summed E-state index contributed by atoms with van der Waals surface area (Å²) in [6.45, 7) is 0. The average Bonchev–Trinajstić information content (AvgIpc) is 2.33. The van der Waals surface area contributed by atoms with Gasteiger partial charge in [0, 0.05) is 12.6 Å². The van der Waals surface area contributed by atoms with Gasteiger partial charge in [-0.25, -0.2) is 8.78 Å². The van der Waals surface area contributed by atoms with Crippen molar-refractivity contribution in [2.75, 3.05) is 0 Å². The number of aromatic nitrogens is 1. The number of aliphatic hydroxyl groups is 1. The summed E-state index contributed by atoms with van der Waals surface area (Å²) in [5.74, 6) is -1.16. The minimum Gasteiger partial charge on any atom is -0.386 e. The summed E-state index contributed by atoms with van der Waals surface area (Å²) in [5.41, 5.74) is 0.232. The van der Waals surface area contributed by atoms with Gasteiger partial charge in [0.15, 0.2) is 0 Å². The molecule has 1 unspecified atom stereocenters. The van der Waals surface area contributed by atoms with Gasteiger partial charge in [-0.15, -0.1) is 0 Å². The van der Waals surface area contributed by atoms with Gasteiger partial charge in [-0.05, 0) is 29.8 Å². The Morgan fingerprint density at radius 1 is 1.21 bits per heavy atom. The van der Waals surface area contributed by atoms with Crippen LogP contribution in [0.3, 0.4) is 0 Å². The molecule has 1 aromatic heterocycles. The Kier molecular flexibility index (Phi) is 4.34. The number of halogens is 4. The fourth-order valence-electron chi connectivity index (χ4n) is 1.68. The summed E-state index contributed by atoms with van der Waals surface area (Å²) in [6.07, 6.45) is 0.0624. The van der Waals surface area contributed by atoms with E-state index >= 15 is 0 Å². The lowest BCUT2D eigenvalue weighted by Crippen LogP contribution is -2.06. The summed E-state index contributed by atoms with van der Waals surface area (Å²) in [4.78, 5) is 3.90. The number of hydrogen-bond donors (Lipinski definition) is 1. The van der Waals surface area contributed by atoms with Crippen LogP contribution in [0.1, 0.15) is 17.4 Å². The number of nitrogens with zero attached hydrogens (tertiary/aromatic N) is 1. The molecule has 6 heteroatoms. The third-order valence-corrected chi connectivity index (χ3v) is 3.08. The summed E-state index contributed by atoms with van der Waals surface area (Å²) in [5, 5.41) is 10.5. The zero-order valence-electron chi connectivity index (χ0n) is 9.58. The molecule has 0 aliphatic carbocycles.